The van der Waals surface area contributed by atoms with Crippen LogP contribution in [0.15, 0.2) is 65.7 Å². The van der Waals surface area contributed by atoms with Crippen LogP contribution in [0.1, 0.15) is 25.5 Å². The van der Waals surface area contributed by atoms with Crippen LogP contribution in [0.5, 0.6) is 5.75 Å². The monoisotopic (exact) mass is 435 g/mol. The number of ether oxygens (including phenoxy) is 1. The molecular weight excluding hydrogens is 413 g/mol. The van der Waals surface area contributed by atoms with Crippen molar-refractivity contribution >= 4 is 11.4 Å². The van der Waals surface area contributed by atoms with E-state index in [0.29, 0.717) is 17.8 Å². The van der Waals surface area contributed by atoms with Crippen LogP contribution >= 0.6 is 0 Å². The highest BCUT2D eigenvalue weighted by molar-refractivity contribution is 5.76. The van der Waals surface area contributed by atoms with Crippen molar-refractivity contribution < 1.29 is 13.9 Å². The fourth-order valence-electron chi connectivity index (χ4n) is 3.34. The zero-order chi connectivity index (χ0) is 22.7. The molecule has 1 N–H and O–H groups in total. The Kier molecular flexibility index (Phi) is 5.98. The molecule has 0 spiro atoms. The molecule has 9 heteroatoms. The van der Waals surface area contributed by atoms with Crippen LogP contribution in [0, 0.1) is 5.82 Å². The van der Waals surface area contributed by atoms with Crippen LogP contribution in [-0.4, -0.2) is 31.9 Å². The Morgan fingerprint density at radius 1 is 1.16 bits per heavy atom. The normalized spacial score (nSPS) is 12.0. The first kappa shape index (κ1) is 21.2. The number of halogens is 1. The standard InChI is InChI=1S/C23H22FN5O3/c1-3-32-19-10-6-17(7-11-19)20-12-21-23(31)28(25-14-29(21)27-20)13-22(30)26-15(2)16-4-8-18(24)9-5-16/h4-12,14-15H,3,13H2,1-2H3,(H,26,30). The molecule has 1 amide bonds. The lowest BCUT2D eigenvalue weighted by Gasteiger charge is -2.14. The number of nitrogens with one attached hydrogen (secondary N) is 1. The largest absolute Gasteiger partial charge is 0.494 e. The fraction of sp³-hybridized carbons (Fsp3) is 0.217. The lowest BCUT2D eigenvalue weighted by Crippen LogP contribution is -2.35. The number of rotatable bonds is 7. The molecule has 4 aromatic rings. The van der Waals surface area contributed by atoms with Crippen LogP contribution in [0.4, 0.5) is 4.39 Å². The number of aromatic nitrogens is 4. The number of hydrogen-bond acceptors (Lipinski definition) is 5. The van der Waals surface area contributed by atoms with Crippen LogP contribution < -0.4 is 15.6 Å². The molecule has 2 heterocycles. The van der Waals surface area contributed by atoms with Gasteiger partial charge in [-0.15, -0.1) is 0 Å². The summed E-state index contributed by atoms with van der Waals surface area (Å²) in [5, 5.41) is 11.3. The predicted octanol–water partition coefficient (Wildman–Crippen LogP) is 2.97. The van der Waals surface area contributed by atoms with E-state index in [4.69, 9.17) is 4.74 Å². The first-order valence-corrected chi connectivity index (χ1v) is 10.2. The number of hydrogen-bond donors (Lipinski definition) is 1. The maximum Gasteiger partial charge on any atom is 0.293 e. The van der Waals surface area contributed by atoms with E-state index < -0.39 is 5.56 Å². The molecule has 1 unspecified atom stereocenters. The van der Waals surface area contributed by atoms with Crippen LogP contribution in [-0.2, 0) is 11.3 Å². The lowest BCUT2D eigenvalue weighted by molar-refractivity contribution is -0.122. The van der Waals surface area contributed by atoms with Gasteiger partial charge in [-0.3, -0.25) is 9.59 Å². The van der Waals surface area contributed by atoms with Crippen molar-refractivity contribution in [2.75, 3.05) is 6.61 Å². The zero-order valence-corrected chi connectivity index (χ0v) is 17.7. The van der Waals surface area contributed by atoms with Gasteiger partial charge in [-0.1, -0.05) is 12.1 Å². The van der Waals surface area contributed by atoms with E-state index in [1.54, 1.807) is 25.1 Å². The molecule has 0 saturated heterocycles. The Balaban J connectivity index is 1.51. The second kappa shape index (κ2) is 9.01. The van der Waals surface area contributed by atoms with Gasteiger partial charge in [0.15, 0.2) is 0 Å². The second-order valence-corrected chi connectivity index (χ2v) is 7.25. The van der Waals surface area contributed by atoms with Gasteiger partial charge in [0.1, 0.15) is 30.0 Å². The van der Waals surface area contributed by atoms with E-state index >= 15 is 0 Å². The van der Waals surface area contributed by atoms with E-state index in [2.05, 4.69) is 15.5 Å². The highest BCUT2D eigenvalue weighted by atomic mass is 19.1. The molecule has 2 aromatic carbocycles. The molecule has 0 aliphatic carbocycles. The predicted molar refractivity (Wildman–Crippen MR) is 117 cm³/mol. The van der Waals surface area contributed by atoms with Crippen molar-refractivity contribution in [3.05, 3.63) is 82.7 Å². The van der Waals surface area contributed by atoms with Crippen LogP contribution in [0.2, 0.25) is 0 Å². The molecule has 4 rings (SSSR count). The molecule has 0 radical (unpaired) electrons. The smallest absolute Gasteiger partial charge is 0.293 e. The van der Waals surface area contributed by atoms with Crippen LogP contribution in [0.3, 0.4) is 0 Å². The quantitative estimate of drug-likeness (QED) is 0.482. The third kappa shape index (κ3) is 4.51. The summed E-state index contributed by atoms with van der Waals surface area (Å²) in [5.41, 5.74) is 2.07. The lowest BCUT2D eigenvalue weighted by atomic mass is 10.1. The van der Waals surface area contributed by atoms with E-state index in [0.717, 1.165) is 21.6 Å². The minimum absolute atomic E-state index is 0.246. The molecule has 32 heavy (non-hydrogen) atoms. The second-order valence-electron chi connectivity index (χ2n) is 7.25. The molecule has 164 valence electrons. The van der Waals surface area contributed by atoms with Crippen molar-refractivity contribution in [3.8, 4) is 17.0 Å². The Morgan fingerprint density at radius 2 is 1.88 bits per heavy atom. The van der Waals surface area contributed by atoms with Gasteiger partial charge in [-0.05, 0) is 61.9 Å². The van der Waals surface area contributed by atoms with E-state index in [9.17, 15) is 14.0 Å². The first-order chi connectivity index (χ1) is 15.4. The van der Waals surface area contributed by atoms with E-state index in [1.807, 2.05) is 31.2 Å². The maximum absolute atomic E-state index is 13.1. The van der Waals surface area contributed by atoms with Crippen LogP contribution in [0.25, 0.3) is 16.8 Å². The summed E-state index contributed by atoms with van der Waals surface area (Å²) in [5.74, 6) is 0.0266. The summed E-state index contributed by atoms with van der Waals surface area (Å²) in [4.78, 5) is 25.3. The number of nitrogens with zero attached hydrogens (tertiary/aromatic N) is 4. The molecule has 0 fully saturated rings. The van der Waals surface area contributed by atoms with Gasteiger partial charge in [0.2, 0.25) is 5.91 Å². The van der Waals surface area contributed by atoms with Crippen molar-refractivity contribution in [2.45, 2.75) is 26.4 Å². The molecule has 0 saturated carbocycles. The highest BCUT2D eigenvalue weighted by Crippen LogP contribution is 2.21. The fourth-order valence-corrected chi connectivity index (χ4v) is 3.34. The van der Waals surface area contributed by atoms with Crippen molar-refractivity contribution in [2.24, 2.45) is 0 Å². The van der Waals surface area contributed by atoms with E-state index in [1.165, 1.54) is 23.0 Å². The number of carbonyl (C=O) groups excluding carboxylic acids is 1. The Labute approximate surface area is 183 Å². The number of fused-ring (bicyclic) bond motifs is 1. The third-order valence-electron chi connectivity index (χ3n) is 4.99. The zero-order valence-electron chi connectivity index (χ0n) is 17.7. The minimum Gasteiger partial charge on any atom is -0.494 e. The van der Waals surface area contributed by atoms with Gasteiger partial charge in [-0.25, -0.2) is 13.6 Å². The summed E-state index contributed by atoms with van der Waals surface area (Å²) >= 11 is 0. The number of carbonyl (C=O) groups is 1. The summed E-state index contributed by atoms with van der Waals surface area (Å²) in [7, 11) is 0. The topological polar surface area (TPSA) is 90.5 Å². The Morgan fingerprint density at radius 3 is 2.56 bits per heavy atom. The first-order valence-electron chi connectivity index (χ1n) is 10.2. The summed E-state index contributed by atoms with van der Waals surface area (Å²) in [6.45, 7) is 4.03. The van der Waals surface area contributed by atoms with Gasteiger partial charge < -0.3 is 10.1 Å². The molecule has 0 aliphatic rings. The van der Waals surface area contributed by atoms with Gasteiger partial charge in [-0.2, -0.15) is 10.2 Å². The maximum atomic E-state index is 13.1. The number of benzene rings is 2. The number of amides is 1. The molecule has 0 aliphatic heterocycles. The van der Waals surface area contributed by atoms with Gasteiger partial charge in [0.05, 0.1) is 18.3 Å². The Bertz CT molecular complexity index is 1300. The van der Waals surface area contributed by atoms with Gasteiger partial charge >= 0.3 is 0 Å². The SMILES string of the molecule is CCOc1ccc(-c2cc3c(=O)n(CC(=O)NC(C)c4ccc(F)cc4)ncn3n2)cc1. The third-order valence-corrected chi connectivity index (χ3v) is 4.99. The Hall–Kier alpha value is -4.01. The average molecular weight is 435 g/mol. The summed E-state index contributed by atoms with van der Waals surface area (Å²) in [6, 6.07) is 14.6. The van der Waals surface area contributed by atoms with Crippen molar-refractivity contribution in [1.29, 1.82) is 0 Å². The van der Waals surface area contributed by atoms with Crippen molar-refractivity contribution in [3.63, 3.8) is 0 Å². The summed E-state index contributed by atoms with van der Waals surface area (Å²) < 4.78 is 21.0. The highest BCUT2D eigenvalue weighted by Gasteiger charge is 2.14. The van der Waals surface area contributed by atoms with Gasteiger partial charge in [0.25, 0.3) is 5.56 Å². The van der Waals surface area contributed by atoms with Crippen molar-refractivity contribution in [1.82, 2.24) is 24.7 Å². The molecular formula is C23H22FN5O3. The molecule has 1 atom stereocenters. The molecule has 0 bridgehead atoms. The summed E-state index contributed by atoms with van der Waals surface area (Å²) in [6.07, 6.45) is 1.39. The minimum atomic E-state index is -0.429. The average Bonchev–Trinajstić information content (AvgIpc) is 3.22. The molecule has 2 aromatic heterocycles. The molecule has 8 nitrogen and oxygen atoms in total. The van der Waals surface area contributed by atoms with E-state index in [-0.39, 0.29) is 24.3 Å². The van der Waals surface area contributed by atoms with Gasteiger partial charge in [0, 0.05) is 5.56 Å².